The lowest BCUT2D eigenvalue weighted by Crippen LogP contribution is -2.42. The minimum absolute atomic E-state index is 0.0979. The molecule has 1 aromatic carbocycles. The van der Waals surface area contributed by atoms with Crippen molar-refractivity contribution >= 4 is 27.3 Å². The molecule has 0 aliphatic heterocycles. The monoisotopic (exact) mass is 336 g/mol. The molecular formula is C13H21ClN2O4S. The number of rotatable bonds is 8. The summed E-state index contributed by atoms with van der Waals surface area (Å²) >= 11 is 5.91. The SMILES string of the molecule is COCCN(C(C)COC)S(=O)(=O)c1ccc(N)c(Cl)c1. The quantitative estimate of drug-likeness (QED) is 0.729. The first-order chi connectivity index (χ1) is 9.84. The Balaban J connectivity index is 3.15. The van der Waals surface area contributed by atoms with Gasteiger partial charge in [-0.05, 0) is 25.1 Å². The van der Waals surface area contributed by atoms with Crippen molar-refractivity contribution < 1.29 is 17.9 Å². The molecule has 0 aromatic heterocycles. The molecule has 0 aliphatic rings. The summed E-state index contributed by atoms with van der Waals surface area (Å²) in [6.45, 7) is 2.57. The predicted molar refractivity (Wildman–Crippen MR) is 83.0 cm³/mol. The van der Waals surface area contributed by atoms with E-state index in [1.54, 1.807) is 6.92 Å². The molecule has 8 heteroatoms. The fourth-order valence-corrected chi connectivity index (χ4v) is 3.76. The van der Waals surface area contributed by atoms with E-state index in [4.69, 9.17) is 26.8 Å². The summed E-state index contributed by atoms with van der Waals surface area (Å²) in [4.78, 5) is 0.0979. The van der Waals surface area contributed by atoms with Gasteiger partial charge in [0.15, 0.2) is 0 Å². The number of methoxy groups -OCH3 is 2. The topological polar surface area (TPSA) is 81.9 Å². The number of hydrogen-bond donors (Lipinski definition) is 1. The highest BCUT2D eigenvalue weighted by Gasteiger charge is 2.29. The van der Waals surface area contributed by atoms with Gasteiger partial charge < -0.3 is 15.2 Å². The summed E-state index contributed by atoms with van der Waals surface area (Å²) in [5, 5.41) is 0.210. The van der Waals surface area contributed by atoms with Crippen LogP contribution < -0.4 is 5.73 Å². The van der Waals surface area contributed by atoms with Gasteiger partial charge in [-0.2, -0.15) is 4.31 Å². The first kappa shape index (κ1) is 18.2. The van der Waals surface area contributed by atoms with Crippen LogP contribution >= 0.6 is 11.6 Å². The third-order valence-electron chi connectivity index (χ3n) is 2.99. The largest absolute Gasteiger partial charge is 0.398 e. The second kappa shape index (κ2) is 7.95. The number of nitrogen functional groups attached to an aromatic ring is 1. The number of benzene rings is 1. The lowest BCUT2D eigenvalue weighted by atomic mass is 10.3. The van der Waals surface area contributed by atoms with Crippen LogP contribution in [0, 0.1) is 0 Å². The smallest absolute Gasteiger partial charge is 0.243 e. The zero-order chi connectivity index (χ0) is 16.0. The van der Waals surface area contributed by atoms with E-state index in [9.17, 15) is 8.42 Å². The second-order valence-corrected chi connectivity index (χ2v) is 6.89. The van der Waals surface area contributed by atoms with Gasteiger partial charge in [0, 0.05) is 26.8 Å². The molecule has 0 saturated heterocycles. The molecule has 6 nitrogen and oxygen atoms in total. The van der Waals surface area contributed by atoms with Crippen molar-refractivity contribution in [3.63, 3.8) is 0 Å². The predicted octanol–water partition coefficient (Wildman–Crippen LogP) is 1.59. The van der Waals surface area contributed by atoms with Crippen molar-refractivity contribution in [1.82, 2.24) is 4.31 Å². The molecule has 0 bridgehead atoms. The molecule has 1 rings (SSSR count). The zero-order valence-corrected chi connectivity index (χ0v) is 13.9. The Morgan fingerprint density at radius 1 is 1.33 bits per heavy atom. The molecule has 0 aliphatic carbocycles. The Bertz CT molecular complexity index is 565. The molecule has 0 amide bonds. The molecule has 1 aromatic rings. The summed E-state index contributed by atoms with van der Waals surface area (Å²) in [6, 6.07) is 3.94. The fourth-order valence-electron chi connectivity index (χ4n) is 1.89. The Morgan fingerprint density at radius 3 is 2.52 bits per heavy atom. The van der Waals surface area contributed by atoms with Crippen molar-refractivity contribution in [3.05, 3.63) is 23.2 Å². The number of halogens is 1. The average molecular weight is 337 g/mol. The van der Waals surface area contributed by atoms with Crippen LogP contribution in [0.4, 0.5) is 5.69 Å². The highest BCUT2D eigenvalue weighted by Crippen LogP contribution is 2.25. The number of hydrogen-bond acceptors (Lipinski definition) is 5. The van der Waals surface area contributed by atoms with Gasteiger partial charge in [0.05, 0.1) is 28.8 Å². The van der Waals surface area contributed by atoms with E-state index in [2.05, 4.69) is 0 Å². The van der Waals surface area contributed by atoms with Gasteiger partial charge in [-0.25, -0.2) is 8.42 Å². The van der Waals surface area contributed by atoms with Crippen molar-refractivity contribution in [2.75, 3.05) is 39.7 Å². The van der Waals surface area contributed by atoms with E-state index in [1.165, 1.54) is 36.7 Å². The van der Waals surface area contributed by atoms with Crippen molar-refractivity contribution in [2.24, 2.45) is 0 Å². The molecule has 0 heterocycles. The summed E-state index contributed by atoms with van der Waals surface area (Å²) in [5.41, 5.74) is 5.95. The Labute approximate surface area is 130 Å². The standard InChI is InChI=1S/C13H21ClN2O4S/c1-10(9-20-3)16(6-7-19-2)21(17,18)11-4-5-13(15)12(14)8-11/h4-5,8,10H,6-7,9,15H2,1-3H3. The molecule has 1 atom stereocenters. The van der Waals surface area contributed by atoms with Gasteiger partial charge in [-0.15, -0.1) is 0 Å². The number of anilines is 1. The van der Waals surface area contributed by atoms with Crippen LogP contribution in [0.25, 0.3) is 0 Å². The van der Waals surface area contributed by atoms with Gasteiger partial charge >= 0.3 is 0 Å². The lowest BCUT2D eigenvalue weighted by molar-refractivity contribution is 0.119. The maximum atomic E-state index is 12.7. The van der Waals surface area contributed by atoms with Crippen molar-refractivity contribution in [2.45, 2.75) is 17.9 Å². The maximum absolute atomic E-state index is 12.7. The van der Waals surface area contributed by atoms with Crippen LogP contribution in [0.1, 0.15) is 6.92 Å². The summed E-state index contributed by atoms with van der Waals surface area (Å²) in [7, 11) is -0.655. The Morgan fingerprint density at radius 2 is 2.00 bits per heavy atom. The van der Waals surface area contributed by atoms with Gasteiger partial charge in [-0.1, -0.05) is 11.6 Å². The Hall–Kier alpha value is -0.860. The molecule has 0 saturated carbocycles. The summed E-state index contributed by atoms with van der Waals surface area (Å²) < 4.78 is 36.8. The molecule has 0 radical (unpaired) electrons. The molecule has 0 fully saturated rings. The maximum Gasteiger partial charge on any atom is 0.243 e. The van der Waals surface area contributed by atoms with Gasteiger partial charge in [0.1, 0.15) is 0 Å². The molecule has 1 unspecified atom stereocenters. The van der Waals surface area contributed by atoms with E-state index in [0.717, 1.165) is 0 Å². The second-order valence-electron chi connectivity index (χ2n) is 4.60. The molecule has 120 valence electrons. The van der Waals surface area contributed by atoms with E-state index < -0.39 is 10.0 Å². The first-order valence-electron chi connectivity index (χ1n) is 6.39. The minimum Gasteiger partial charge on any atom is -0.398 e. The van der Waals surface area contributed by atoms with Crippen molar-refractivity contribution in [3.8, 4) is 0 Å². The lowest BCUT2D eigenvalue weighted by Gasteiger charge is -2.27. The molecular weight excluding hydrogens is 316 g/mol. The van der Waals surface area contributed by atoms with Crippen LogP contribution in [-0.2, 0) is 19.5 Å². The summed E-state index contributed by atoms with van der Waals surface area (Å²) in [6.07, 6.45) is 0. The van der Waals surface area contributed by atoms with E-state index in [-0.39, 0.29) is 35.7 Å². The number of ether oxygens (including phenoxy) is 2. The van der Waals surface area contributed by atoms with E-state index >= 15 is 0 Å². The first-order valence-corrected chi connectivity index (χ1v) is 8.21. The summed E-state index contributed by atoms with van der Waals surface area (Å²) in [5.74, 6) is 0. The van der Waals surface area contributed by atoms with E-state index in [0.29, 0.717) is 5.69 Å². The average Bonchev–Trinajstić information content (AvgIpc) is 2.42. The number of nitrogens with zero attached hydrogens (tertiary/aromatic N) is 1. The Kier molecular flexibility index (Phi) is 6.89. The van der Waals surface area contributed by atoms with Crippen molar-refractivity contribution in [1.29, 1.82) is 0 Å². The van der Waals surface area contributed by atoms with Crippen LogP contribution in [0.5, 0.6) is 0 Å². The van der Waals surface area contributed by atoms with Gasteiger partial charge in [0.25, 0.3) is 0 Å². The van der Waals surface area contributed by atoms with Crippen LogP contribution in [0.3, 0.4) is 0 Å². The molecule has 0 spiro atoms. The normalized spacial score (nSPS) is 13.6. The minimum atomic E-state index is -3.70. The third kappa shape index (κ3) is 4.55. The zero-order valence-electron chi connectivity index (χ0n) is 12.4. The van der Waals surface area contributed by atoms with Crippen LogP contribution in [0.15, 0.2) is 23.1 Å². The van der Waals surface area contributed by atoms with Gasteiger partial charge in [-0.3, -0.25) is 0 Å². The van der Waals surface area contributed by atoms with Crippen LogP contribution in [-0.4, -0.2) is 52.7 Å². The highest BCUT2D eigenvalue weighted by atomic mass is 35.5. The van der Waals surface area contributed by atoms with Gasteiger partial charge in [0.2, 0.25) is 10.0 Å². The molecule has 21 heavy (non-hydrogen) atoms. The molecule has 2 N–H and O–H groups in total. The van der Waals surface area contributed by atoms with Crippen LogP contribution in [0.2, 0.25) is 5.02 Å². The highest BCUT2D eigenvalue weighted by molar-refractivity contribution is 7.89. The fraction of sp³-hybridized carbons (Fsp3) is 0.538. The third-order valence-corrected chi connectivity index (χ3v) is 5.33. The number of nitrogens with two attached hydrogens (primary N) is 1. The van der Waals surface area contributed by atoms with E-state index in [1.807, 2.05) is 0 Å². The number of sulfonamides is 1.